The van der Waals surface area contributed by atoms with Gasteiger partial charge in [0.1, 0.15) is 12.4 Å². The molecular weight excluding hydrogens is 485 g/mol. The van der Waals surface area contributed by atoms with Crippen molar-refractivity contribution in [2.24, 2.45) is 0 Å². The SMILES string of the molecule is Cc1ncc(-c2c(C)nc(-c3cccc(F)c3OCc3ccccc3)n(CCc3ccccc3)c2=O)s1. The average molecular weight is 512 g/mol. The Labute approximate surface area is 218 Å². The molecular formula is C30H26FN3O2S. The summed E-state index contributed by atoms with van der Waals surface area (Å²) in [5.74, 6) is -0.0458. The van der Waals surface area contributed by atoms with Crippen molar-refractivity contribution in [1.82, 2.24) is 14.5 Å². The summed E-state index contributed by atoms with van der Waals surface area (Å²) in [6.07, 6.45) is 2.33. The number of halogens is 1. The first kappa shape index (κ1) is 24.6. The number of hydrogen-bond donors (Lipinski definition) is 0. The molecule has 0 aliphatic rings. The molecule has 0 saturated carbocycles. The Balaban J connectivity index is 1.63. The van der Waals surface area contributed by atoms with E-state index in [-0.39, 0.29) is 17.9 Å². The standard InChI is InChI=1S/C30H26FN3O2S/c1-20-27(26-18-32-21(2)37-26)30(35)34(17-16-22-10-5-3-6-11-22)29(33-20)24-14-9-15-25(31)28(24)36-19-23-12-7-4-8-13-23/h3-15,18H,16-17,19H2,1-2H3. The van der Waals surface area contributed by atoms with Gasteiger partial charge in [0.2, 0.25) is 0 Å². The smallest absolute Gasteiger partial charge is 0.262 e. The maximum absolute atomic E-state index is 15.1. The normalized spacial score (nSPS) is 11.0. The second-order valence-corrected chi connectivity index (χ2v) is 9.96. The van der Waals surface area contributed by atoms with Gasteiger partial charge >= 0.3 is 0 Å². The molecule has 186 valence electrons. The Morgan fingerprint density at radius 3 is 2.30 bits per heavy atom. The number of hydrogen-bond acceptors (Lipinski definition) is 5. The summed E-state index contributed by atoms with van der Waals surface area (Å²) >= 11 is 1.46. The molecule has 2 heterocycles. The van der Waals surface area contributed by atoms with E-state index in [1.807, 2.05) is 67.6 Å². The van der Waals surface area contributed by atoms with Gasteiger partial charge in [0.05, 0.1) is 26.7 Å². The Hall–Kier alpha value is -4.10. The number of thiazole rings is 1. The van der Waals surface area contributed by atoms with Crippen LogP contribution in [0.2, 0.25) is 0 Å². The lowest BCUT2D eigenvalue weighted by Crippen LogP contribution is -2.27. The summed E-state index contributed by atoms with van der Waals surface area (Å²) in [6, 6.07) is 24.3. The Morgan fingerprint density at radius 2 is 1.62 bits per heavy atom. The molecule has 2 aromatic heterocycles. The van der Waals surface area contributed by atoms with Gasteiger partial charge in [0.15, 0.2) is 11.6 Å². The van der Waals surface area contributed by atoms with Gasteiger partial charge in [-0.3, -0.25) is 9.36 Å². The number of para-hydroxylation sites is 1. The minimum absolute atomic E-state index is 0.0764. The van der Waals surface area contributed by atoms with Crippen LogP contribution in [-0.4, -0.2) is 14.5 Å². The fourth-order valence-corrected chi connectivity index (χ4v) is 5.15. The second kappa shape index (κ2) is 10.9. The maximum Gasteiger partial charge on any atom is 0.262 e. The molecule has 0 aliphatic carbocycles. The third-order valence-corrected chi connectivity index (χ3v) is 7.05. The van der Waals surface area contributed by atoms with E-state index >= 15 is 4.39 Å². The van der Waals surface area contributed by atoms with Crippen molar-refractivity contribution in [3.8, 4) is 27.6 Å². The van der Waals surface area contributed by atoms with Crippen LogP contribution >= 0.6 is 11.3 Å². The van der Waals surface area contributed by atoms with Crippen LogP contribution in [0.5, 0.6) is 5.75 Å². The molecule has 37 heavy (non-hydrogen) atoms. The average Bonchev–Trinajstić information content (AvgIpc) is 3.33. The summed E-state index contributed by atoms with van der Waals surface area (Å²) in [5.41, 5.74) is 3.36. The summed E-state index contributed by atoms with van der Waals surface area (Å²) in [7, 11) is 0. The van der Waals surface area contributed by atoms with Crippen molar-refractivity contribution >= 4 is 11.3 Å². The van der Waals surface area contributed by atoms with Crippen LogP contribution in [-0.2, 0) is 19.6 Å². The molecule has 0 atom stereocenters. The monoisotopic (exact) mass is 511 g/mol. The molecule has 5 nitrogen and oxygen atoms in total. The van der Waals surface area contributed by atoms with Gasteiger partial charge in [-0.05, 0) is 43.5 Å². The quantitative estimate of drug-likeness (QED) is 0.235. The molecule has 0 spiro atoms. The first-order chi connectivity index (χ1) is 18.0. The van der Waals surface area contributed by atoms with E-state index < -0.39 is 5.82 Å². The van der Waals surface area contributed by atoms with Gasteiger partial charge < -0.3 is 4.74 Å². The zero-order valence-corrected chi connectivity index (χ0v) is 21.5. The second-order valence-electron chi connectivity index (χ2n) is 8.72. The number of aryl methyl sites for hydroxylation is 3. The number of aromatic nitrogens is 3. The van der Waals surface area contributed by atoms with E-state index in [4.69, 9.17) is 9.72 Å². The molecule has 0 aliphatic heterocycles. The number of rotatable bonds is 8. The predicted molar refractivity (Wildman–Crippen MR) is 145 cm³/mol. The molecule has 7 heteroatoms. The van der Waals surface area contributed by atoms with Crippen LogP contribution in [0.1, 0.15) is 21.8 Å². The molecule has 0 saturated heterocycles. The van der Waals surface area contributed by atoms with Crippen LogP contribution in [0.15, 0.2) is 89.9 Å². The fourth-order valence-electron chi connectivity index (χ4n) is 4.28. The molecule has 0 fully saturated rings. The number of benzene rings is 3. The minimum atomic E-state index is -0.503. The molecule has 0 radical (unpaired) electrons. The zero-order chi connectivity index (χ0) is 25.8. The van der Waals surface area contributed by atoms with E-state index in [0.717, 1.165) is 21.0 Å². The van der Waals surface area contributed by atoms with Crippen LogP contribution in [0, 0.1) is 19.7 Å². The molecule has 0 unspecified atom stereocenters. The summed E-state index contributed by atoms with van der Waals surface area (Å²) in [5, 5.41) is 0.871. The van der Waals surface area contributed by atoms with Crippen molar-refractivity contribution in [2.75, 3.05) is 0 Å². The Bertz CT molecular complexity index is 1580. The highest BCUT2D eigenvalue weighted by Crippen LogP contribution is 2.34. The number of nitrogens with zero attached hydrogens (tertiary/aromatic N) is 3. The van der Waals surface area contributed by atoms with Crippen molar-refractivity contribution in [2.45, 2.75) is 33.4 Å². The Kier molecular flexibility index (Phi) is 7.23. The summed E-state index contributed by atoms with van der Waals surface area (Å²) in [4.78, 5) is 23.9. The fraction of sp³-hybridized carbons (Fsp3) is 0.167. The lowest BCUT2D eigenvalue weighted by molar-refractivity contribution is 0.291. The van der Waals surface area contributed by atoms with Gasteiger partial charge in [0, 0.05) is 12.7 Å². The summed E-state index contributed by atoms with van der Waals surface area (Å²) in [6.45, 7) is 4.29. The molecule has 0 bridgehead atoms. The topological polar surface area (TPSA) is 57.0 Å². The Morgan fingerprint density at radius 1 is 0.919 bits per heavy atom. The zero-order valence-electron chi connectivity index (χ0n) is 20.6. The van der Waals surface area contributed by atoms with E-state index in [1.54, 1.807) is 29.8 Å². The lowest BCUT2D eigenvalue weighted by Gasteiger charge is -2.18. The number of ether oxygens (including phenoxy) is 1. The largest absolute Gasteiger partial charge is 0.485 e. The molecule has 5 rings (SSSR count). The van der Waals surface area contributed by atoms with E-state index in [0.29, 0.717) is 35.6 Å². The summed E-state index contributed by atoms with van der Waals surface area (Å²) < 4.78 is 22.7. The highest BCUT2D eigenvalue weighted by Gasteiger charge is 2.22. The van der Waals surface area contributed by atoms with Gasteiger partial charge in [0.25, 0.3) is 5.56 Å². The van der Waals surface area contributed by atoms with Gasteiger partial charge in [-0.15, -0.1) is 11.3 Å². The van der Waals surface area contributed by atoms with Crippen molar-refractivity contribution in [3.63, 3.8) is 0 Å². The highest BCUT2D eigenvalue weighted by atomic mass is 32.1. The molecule has 3 aromatic carbocycles. The third kappa shape index (κ3) is 5.37. The van der Waals surface area contributed by atoms with Crippen molar-refractivity contribution < 1.29 is 9.13 Å². The van der Waals surface area contributed by atoms with Gasteiger partial charge in [-0.25, -0.2) is 14.4 Å². The van der Waals surface area contributed by atoms with Crippen LogP contribution in [0.4, 0.5) is 4.39 Å². The van der Waals surface area contributed by atoms with E-state index in [2.05, 4.69) is 4.98 Å². The maximum atomic E-state index is 15.1. The third-order valence-electron chi connectivity index (χ3n) is 6.12. The molecule has 0 amide bonds. The minimum Gasteiger partial charge on any atom is -0.485 e. The van der Waals surface area contributed by atoms with Gasteiger partial charge in [-0.2, -0.15) is 0 Å². The lowest BCUT2D eigenvalue weighted by atomic mass is 10.1. The van der Waals surface area contributed by atoms with Crippen LogP contribution < -0.4 is 10.3 Å². The van der Waals surface area contributed by atoms with Crippen molar-refractivity contribution in [3.05, 3.63) is 123 Å². The first-order valence-electron chi connectivity index (χ1n) is 12.0. The van der Waals surface area contributed by atoms with E-state index in [1.165, 1.54) is 17.4 Å². The van der Waals surface area contributed by atoms with Crippen LogP contribution in [0.25, 0.3) is 21.8 Å². The first-order valence-corrected chi connectivity index (χ1v) is 12.9. The predicted octanol–water partition coefficient (Wildman–Crippen LogP) is 6.61. The van der Waals surface area contributed by atoms with E-state index in [9.17, 15) is 4.79 Å². The van der Waals surface area contributed by atoms with Crippen LogP contribution in [0.3, 0.4) is 0 Å². The highest BCUT2D eigenvalue weighted by molar-refractivity contribution is 7.15. The van der Waals surface area contributed by atoms with Gasteiger partial charge in [-0.1, -0.05) is 66.7 Å². The molecule has 5 aromatic rings. The molecule has 0 N–H and O–H groups in total. The van der Waals surface area contributed by atoms with Crippen molar-refractivity contribution in [1.29, 1.82) is 0 Å².